The average molecular weight is 218 g/mol. The summed E-state index contributed by atoms with van der Waals surface area (Å²) in [6.07, 6.45) is 0. The standard InChI is InChI=1S/C13H14O3/c1-8-7-9-5-4-6-10(15-2)11(9)12(14)13(8)16-3/h4-7,14H,1-3H3. The molecule has 16 heavy (non-hydrogen) atoms. The highest BCUT2D eigenvalue weighted by molar-refractivity contribution is 5.96. The van der Waals surface area contributed by atoms with Crippen LogP contribution in [0.25, 0.3) is 10.8 Å². The fourth-order valence-electron chi connectivity index (χ4n) is 1.95. The first-order chi connectivity index (χ1) is 7.69. The first kappa shape index (κ1) is 10.6. The van der Waals surface area contributed by atoms with Crippen LogP contribution in [0.4, 0.5) is 0 Å². The van der Waals surface area contributed by atoms with E-state index >= 15 is 0 Å². The summed E-state index contributed by atoms with van der Waals surface area (Å²) < 4.78 is 10.4. The normalized spacial score (nSPS) is 10.4. The highest BCUT2D eigenvalue weighted by Crippen LogP contribution is 2.41. The number of ether oxygens (including phenoxy) is 2. The van der Waals surface area contributed by atoms with Crippen molar-refractivity contribution in [2.24, 2.45) is 0 Å². The van der Waals surface area contributed by atoms with Crippen LogP contribution in [0.3, 0.4) is 0 Å². The molecule has 0 saturated heterocycles. The van der Waals surface area contributed by atoms with Gasteiger partial charge < -0.3 is 14.6 Å². The summed E-state index contributed by atoms with van der Waals surface area (Å²) in [4.78, 5) is 0. The molecule has 0 saturated carbocycles. The van der Waals surface area contributed by atoms with Crippen molar-refractivity contribution in [1.82, 2.24) is 0 Å². The minimum atomic E-state index is 0.134. The number of hydrogen-bond acceptors (Lipinski definition) is 3. The second kappa shape index (κ2) is 3.93. The van der Waals surface area contributed by atoms with E-state index in [0.29, 0.717) is 16.9 Å². The highest BCUT2D eigenvalue weighted by atomic mass is 16.5. The molecule has 0 aliphatic heterocycles. The lowest BCUT2D eigenvalue weighted by Crippen LogP contribution is -1.91. The Morgan fingerprint density at radius 1 is 1.12 bits per heavy atom. The number of benzene rings is 2. The molecule has 0 radical (unpaired) electrons. The van der Waals surface area contributed by atoms with Crippen molar-refractivity contribution in [2.45, 2.75) is 6.92 Å². The molecule has 3 nitrogen and oxygen atoms in total. The molecule has 0 amide bonds. The zero-order valence-electron chi connectivity index (χ0n) is 9.57. The number of phenols is 1. The van der Waals surface area contributed by atoms with Gasteiger partial charge in [-0.3, -0.25) is 0 Å². The minimum Gasteiger partial charge on any atom is -0.504 e. The molecule has 0 spiro atoms. The van der Waals surface area contributed by atoms with Crippen molar-refractivity contribution in [3.8, 4) is 17.2 Å². The number of methoxy groups -OCH3 is 2. The van der Waals surface area contributed by atoms with Crippen molar-refractivity contribution >= 4 is 10.8 Å². The molecule has 3 heteroatoms. The van der Waals surface area contributed by atoms with Crippen molar-refractivity contribution in [3.63, 3.8) is 0 Å². The van der Waals surface area contributed by atoms with Crippen molar-refractivity contribution in [2.75, 3.05) is 14.2 Å². The summed E-state index contributed by atoms with van der Waals surface area (Å²) in [7, 11) is 3.13. The molecule has 0 heterocycles. The lowest BCUT2D eigenvalue weighted by molar-refractivity contribution is 0.371. The molecule has 0 atom stereocenters. The van der Waals surface area contributed by atoms with Crippen molar-refractivity contribution in [3.05, 3.63) is 29.8 Å². The average Bonchev–Trinajstić information content (AvgIpc) is 2.28. The number of fused-ring (bicyclic) bond motifs is 1. The van der Waals surface area contributed by atoms with E-state index in [1.807, 2.05) is 31.2 Å². The van der Waals surface area contributed by atoms with Gasteiger partial charge in [0.1, 0.15) is 5.75 Å². The molecular formula is C13H14O3. The maximum Gasteiger partial charge on any atom is 0.169 e. The van der Waals surface area contributed by atoms with Crippen LogP contribution in [-0.4, -0.2) is 19.3 Å². The Labute approximate surface area is 94.2 Å². The second-order valence-electron chi connectivity index (χ2n) is 3.63. The van der Waals surface area contributed by atoms with Gasteiger partial charge in [-0.1, -0.05) is 12.1 Å². The maximum atomic E-state index is 10.1. The third-order valence-corrected chi connectivity index (χ3v) is 2.66. The third kappa shape index (κ3) is 1.45. The van der Waals surface area contributed by atoms with E-state index < -0.39 is 0 Å². The van der Waals surface area contributed by atoms with Crippen LogP contribution in [0.1, 0.15) is 5.56 Å². The van der Waals surface area contributed by atoms with Crippen LogP contribution in [0.15, 0.2) is 24.3 Å². The quantitative estimate of drug-likeness (QED) is 0.842. The maximum absolute atomic E-state index is 10.1. The topological polar surface area (TPSA) is 38.7 Å². The molecule has 0 aromatic heterocycles. The molecule has 0 bridgehead atoms. The number of rotatable bonds is 2. The van der Waals surface area contributed by atoms with Crippen LogP contribution < -0.4 is 9.47 Å². The van der Waals surface area contributed by atoms with E-state index in [0.717, 1.165) is 10.9 Å². The van der Waals surface area contributed by atoms with Crippen molar-refractivity contribution < 1.29 is 14.6 Å². The second-order valence-corrected chi connectivity index (χ2v) is 3.63. The Morgan fingerprint density at radius 3 is 2.50 bits per heavy atom. The molecule has 2 aromatic rings. The zero-order chi connectivity index (χ0) is 11.7. The predicted molar refractivity (Wildman–Crippen MR) is 63.5 cm³/mol. The largest absolute Gasteiger partial charge is 0.504 e. The summed E-state index contributed by atoms with van der Waals surface area (Å²) in [5.74, 6) is 1.28. The summed E-state index contributed by atoms with van der Waals surface area (Å²) >= 11 is 0. The van der Waals surface area contributed by atoms with Gasteiger partial charge in [-0.2, -0.15) is 0 Å². The molecule has 2 aromatic carbocycles. The molecule has 0 aliphatic rings. The van der Waals surface area contributed by atoms with Crippen LogP contribution >= 0.6 is 0 Å². The van der Waals surface area contributed by atoms with E-state index in [1.54, 1.807) is 14.2 Å². The molecule has 0 aliphatic carbocycles. The fourth-order valence-corrected chi connectivity index (χ4v) is 1.95. The van der Waals surface area contributed by atoms with E-state index in [2.05, 4.69) is 0 Å². The molecule has 84 valence electrons. The Morgan fingerprint density at radius 2 is 1.88 bits per heavy atom. The Balaban J connectivity index is 2.88. The third-order valence-electron chi connectivity index (χ3n) is 2.66. The van der Waals surface area contributed by atoms with E-state index in [4.69, 9.17) is 9.47 Å². The Hall–Kier alpha value is -1.90. The zero-order valence-corrected chi connectivity index (χ0v) is 9.57. The Bertz CT molecular complexity index is 532. The molecule has 0 fully saturated rings. The lowest BCUT2D eigenvalue weighted by atomic mass is 10.0. The van der Waals surface area contributed by atoms with Gasteiger partial charge in [-0.25, -0.2) is 0 Å². The first-order valence-corrected chi connectivity index (χ1v) is 5.02. The fraction of sp³-hybridized carbons (Fsp3) is 0.231. The van der Waals surface area contributed by atoms with Gasteiger partial charge in [0.15, 0.2) is 11.5 Å². The molecule has 1 N–H and O–H groups in total. The predicted octanol–water partition coefficient (Wildman–Crippen LogP) is 2.87. The van der Waals surface area contributed by atoms with E-state index in [1.165, 1.54) is 0 Å². The number of phenolic OH excluding ortho intramolecular Hbond substituents is 1. The van der Waals surface area contributed by atoms with Crippen LogP contribution in [-0.2, 0) is 0 Å². The first-order valence-electron chi connectivity index (χ1n) is 5.02. The SMILES string of the molecule is COc1c(C)cc2cccc(OC)c2c1O. The van der Waals surface area contributed by atoms with Crippen LogP contribution in [0, 0.1) is 6.92 Å². The van der Waals surface area contributed by atoms with Gasteiger partial charge in [0.05, 0.1) is 19.6 Å². The summed E-state index contributed by atoms with van der Waals surface area (Å²) in [5, 5.41) is 11.8. The molecule has 2 rings (SSSR count). The Kier molecular flexibility index (Phi) is 2.60. The van der Waals surface area contributed by atoms with Gasteiger partial charge in [-0.05, 0) is 30.0 Å². The number of aryl methyl sites for hydroxylation is 1. The molecule has 0 unspecified atom stereocenters. The summed E-state index contributed by atoms with van der Waals surface area (Å²) in [6, 6.07) is 7.61. The smallest absolute Gasteiger partial charge is 0.169 e. The van der Waals surface area contributed by atoms with Crippen LogP contribution in [0.5, 0.6) is 17.2 Å². The van der Waals surface area contributed by atoms with Gasteiger partial charge >= 0.3 is 0 Å². The van der Waals surface area contributed by atoms with Gasteiger partial charge in [0.2, 0.25) is 0 Å². The van der Waals surface area contributed by atoms with E-state index in [9.17, 15) is 5.11 Å². The highest BCUT2D eigenvalue weighted by Gasteiger charge is 2.13. The lowest BCUT2D eigenvalue weighted by Gasteiger charge is -2.12. The van der Waals surface area contributed by atoms with Crippen LogP contribution in [0.2, 0.25) is 0 Å². The summed E-state index contributed by atoms with van der Waals surface area (Å²) in [6.45, 7) is 1.90. The number of hydrogen-bond donors (Lipinski definition) is 1. The monoisotopic (exact) mass is 218 g/mol. The number of aromatic hydroxyl groups is 1. The van der Waals surface area contributed by atoms with Crippen molar-refractivity contribution in [1.29, 1.82) is 0 Å². The minimum absolute atomic E-state index is 0.134. The van der Waals surface area contributed by atoms with Gasteiger partial charge in [-0.15, -0.1) is 0 Å². The van der Waals surface area contributed by atoms with Gasteiger partial charge in [0.25, 0.3) is 0 Å². The van der Waals surface area contributed by atoms with E-state index in [-0.39, 0.29) is 5.75 Å². The molecular weight excluding hydrogens is 204 g/mol. The summed E-state index contributed by atoms with van der Waals surface area (Å²) in [5.41, 5.74) is 0.903. The van der Waals surface area contributed by atoms with Gasteiger partial charge in [0, 0.05) is 0 Å².